The topological polar surface area (TPSA) is 102 Å². The molecule has 21 heavy (non-hydrogen) atoms. The molecule has 0 saturated heterocycles. The van der Waals surface area contributed by atoms with Crippen LogP contribution >= 0.6 is 0 Å². The zero-order chi connectivity index (χ0) is 16.0. The van der Waals surface area contributed by atoms with Crippen LogP contribution in [0.4, 0.5) is 0 Å². The number of carboxylic acid groups (broad SMARTS) is 1. The lowest BCUT2D eigenvalue weighted by molar-refractivity contribution is -0.134. The van der Waals surface area contributed by atoms with E-state index >= 15 is 0 Å². The molecule has 0 bridgehead atoms. The maximum Gasteiger partial charge on any atom is 0.352 e. The van der Waals surface area contributed by atoms with E-state index in [-0.39, 0.29) is 11.4 Å². The van der Waals surface area contributed by atoms with Gasteiger partial charge in [-0.2, -0.15) is 0 Å². The molecule has 0 aliphatic carbocycles. The molecule has 1 amide bonds. The fourth-order valence-electron chi connectivity index (χ4n) is 1.53. The molecule has 1 aromatic carbocycles. The third-order valence-corrected chi connectivity index (χ3v) is 2.29. The van der Waals surface area contributed by atoms with Gasteiger partial charge in [-0.05, 0) is 23.8 Å². The van der Waals surface area contributed by atoms with Crippen LogP contribution in [-0.4, -0.2) is 30.1 Å². The highest BCUT2D eigenvalue weighted by molar-refractivity contribution is 5.96. The number of benzene rings is 1. The first-order valence-corrected chi connectivity index (χ1v) is 5.92. The minimum atomic E-state index is -1.28. The van der Waals surface area contributed by atoms with Crippen molar-refractivity contribution in [2.24, 2.45) is 0 Å². The van der Waals surface area contributed by atoms with Crippen LogP contribution in [0.3, 0.4) is 0 Å². The molecule has 0 aromatic heterocycles. The number of carboxylic acids is 1. The van der Waals surface area contributed by atoms with Crippen molar-refractivity contribution >= 4 is 23.9 Å². The van der Waals surface area contributed by atoms with Crippen LogP contribution in [0.25, 0.3) is 6.08 Å². The van der Waals surface area contributed by atoms with E-state index in [9.17, 15) is 14.4 Å². The Kier molecular flexibility index (Phi) is 5.48. The average Bonchev–Trinajstić information content (AvgIpc) is 2.37. The first kappa shape index (κ1) is 16.2. The van der Waals surface area contributed by atoms with Gasteiger partial charge in [0, 0.05) is 13.8 Å². The summed E-state index contributed by atoms with van der Waals surface area (Å²) in [6.07, 6.45) is 1.25. The Morgan fingerprint density at radius 1 is 1.19 bits per heavy atom. The van der Waals surface area contributed by atoms with Crippen molar-refractivity contribution in [3.05, 3.63) is 29.5 Å². The van der Waals surface area contributed by atoms with Crippen molar-refractivity contribution < 1.29 is 29.0 Å². The quantitative estimate of drug-likeness (QED) is 0.480. The predicted molar refractivity (Wildman–Crippen MR) is 73.7 cm³/mol. The van der Waals surface area contributed by atoms with Crippen molar-refractivity contribution in [3.8, 4) is 11.5 Å². The number of carbonyl (C=O) groups excluding carboxylic acids is 2. The molecule has 0 unspecified atom stereocenters. The monoisotopic (exact) mass is 293 g/mol. The Morgan fingerprint density at radius 3 is 2.33 bits per heavy atom. The van der Waals surface area contributed by atoms with Gasteiger partial charge in [0.1, 0.15) is 5.70 Å². The molecule has 0 saturated carbocycles. The zero-order valence-electron chi connectivity index (χ0n) is 11.8. The van der Waals surface area contributed by atoms with Gasteiger partial charge in [-0.15, -0.1) is 0 Å². The zero-order valence-corrected chi connectivity index (χ0v) is 11.8. The second-order valence-electron chi connectivity index (χ2n) is 4.05. The second-order valence-corrected chi connectivity index (χ2v) is 4.05. The van der Waals surface area contributed by atoms with Gasteiger partial charge < -0.3 is 19.9 Å². The van der Waals surface area contributed by atoms with Crippen LogP contribution in [0, 0.1) is 0 Å². The van der Waals surface area contributed by atoms with Crippen molar-refractivity contribution in [3.63, 3.8) is 0 Å². The van der Waals surface area contributed by atoms with E-state index in [2.05, 4.69) is 5.32 Å². The standard InChI is InChI=1S/C14H15NO6/c1-8(16)15-11(14(18)19)6-10-4-5-12(20-3)13(7-10)21-9(2)17/h4-7H,1-3H3,(H,15,16)(H,18,19)/b11-6+. The van der Waals surface area contributed by atoms with Gasteiger partial charge in [0.2, 0.25) is 5.91 Å². The Morgan fingerprint density at radius 2 is 1.86 bits per heavy atom. The number of amides is 1. The SMILES string of the molecule is COc1ccc(/C=C(/NC(C)=O)C(=O)O)cc1OC(C)=O. The molecule has 112 valence electrons. The Bertz CT molecular complexity index is 605. The van der Waals surface area contributed by atoms with Crippen LogP contribution in [0.1, 0.15) is 19.4 Å². The number of esters is 1. The fourth-order valence-corrected chi connectivity index (χ4v) is 1.53. The Labute approximate surface area is 121 Å². The number of nitrogens with one attached hydrogen (secondary N) is 1. The Balaban J connectivity index is 3.20. The molecule has 1 aromatic rings. The van der Waals surface area contributed by atoms with E-state index in [1.165, 1.54) is 39.2 Å². The average molecular weight is 293 g/mol. The second kappa shape index (κ2) is 7.09. The fraction of sp³-hybridized carbons (Fsp3) is 0.214. The molecule has 0 spiro atoms. The van der Waals surface area contributed by atoms with Crippen LogP contribution in [-0.2, 0) is 14.4 Å². The van der Waals surface area contributed by atoms with Crippen LogP contribution in [0.15, 0.2) is 23.9 Å². The maximum atomic E-state index is 11.0. The Hall–Kier alpha value is -2.83. The summed E-state index contributed by atoms with van der Waals surface area (Å²) in [7, 11) is 1.41. The molecule has 0 radical (unpaired) electrons. The summed E-state index contributed by atoms with van der Waals surface area (Å²) in [5.41, 5.74) is 0.139. The number of rotatable bonds is 5. The van der Waals surface area contributed by atoms with E-state index in [0.29, 0.717) is 11.3 Å². The third kappa shape index (κ3) is 4.98. The normalized spacial score (nSPS) is 10.7. The molecule has 0 atom stereocenters. The molecule has 0 aliphatic heterocycles. The van der Waals surface area contributed by atoms with Crippen LogP contribution in [0.2, 0.25) is 0 Å². The van der Waals surface area contributed by atoms with Gasteiger partial charge in [0.25, 0.3) is 0 Å². The lowest BCUT2D eigenvalue weighted by Crippen LogP contribution is -2.24. The van der Waals surface area contributed by atoms with Crippen LogP contribution < -0.4 is 14.8 Å². The molecule has 1 rings (SSSR count). The summed E-state index contributed by atoms with van der Waals surface area (Å²) in [5.74, 6) is -1.83. The molecule has 0 heterocycles. The van der Waals surface area contributed by atoms with Gasteiger partial charge in [-0.25, -0.2) is 4.79 Å². The lowest BCUT2D eigenvalue weighted by atomic mass is 10.1. The maximum absolute atomic E-state index is 11.0. The molecular weight excluding hydrogens is 278 g/mol. The first-order chi connectivity index (χ1) is 9.83. The molecule has 0 fully saturated rings. The summed E-state index contributed by atoms with van der Waals surface area (Å²) in [6.45, 7) is 2.44. The first-order valence-electron chi connectivity index (χ1n) is 5.92. The van der Waals surface area contributed by atoms with E-state index in [1.54, 1.807) is 6.07 Å². The summed E-state index contributed by atoms with van der Waals surface area (Å²) in [5, 5.41) is 11.2. The molecular formula is C14H15NO6. The van der Waals surface area contributed by atoms with E-state index in [0.717, 1.165) is 0 Å². The predicted octanol–water partition coefficient (Wildman–Crippen LogP) is 1.18. The van der Waals surface area contributed by atoms with E-state index in [4.69, 9.17) is 14.6 Å². The minimum absolute atomic E-state index is 0.159. The summed E-state index contributed by atoms with van der Waals surface area (Å²) >= 11 is 0. The summed E-state index contributed by atoms with van der Waals surface area (Å²) in [6, 6.07) is 4.53. The minimum Gasteiger partial charge on any atom is -0.493 e. The summed E-state index contributed by atoms with van der Waals surface area (Å²) < 4.78 is 10.0. The van der Waals surface area contributed by atoms with Gasteiger partial charge in [0.05, 0.1) is 7.11 Å². The highest BCUT2D eigenvalue weighted by Crippen LogP contribution is 2.29. The number of hydrogen-bond donors (Lipinski definition) is 2. The van der Waals surface area contributed by atoms with E-state index in [1.807, 2.05) is 0 Å². The van der Waals surface area contributed by atoms with E-state index < -0.39 is 17.8 Å². The third-order valence-electron chi connectivity index (χ3n) is 2.29. The molecule has 2 N–H and O–H groups in total. The number of carbonyl (C=O) groups is 3. The lowest BCUT2D eigenvalue weighted by Gasteiger charge is -2.09. The van der Waals surface area contributed by atoms with Crippen molar-refractivity contribution in [2.45, 2.75) is 13.8 Å². The number of ether oxygens (including phenoxy) is 2. The smallest absolute Gasteiger partial charge is 0.352 e. The largest absolute Gasteiger partial charge is 0.493 e. The van der Waals surface area contributed by atoms with Crippen molar-refractivity contribution in [1.82, 2.24) is 5.32 Å². The van der Waals surface area contributed by atoms with Crippen LogP contribution in [0.5, 0.6) is 11.5 Å². The number of aliphatic carboxylic acids is 1. The molecule has 7 heteroatoms. The molecule has 0 aliphatic rings. The van der Waals surface area contributed by atoms with Gasteiger partial charge >= 0.3 is 11.9 Å². The number of hydrogen-bond acceptors (Lipinski definition) is 5. The van der Waals surface area contributed by atoms with Crippen molar-refractivity contribution in [2.75, 3.05) is 7.11 Å². The highest BCUT2D eigenvalue weighted by Gasteiger charge is 2.11. The number of methoxy groups -OCH3 is 1. The van der Waals surface area contributed by atoms with Gasteiger partial charge in [0.15, 0.2) is 11.5 Å². The highest BCUT2D eigenvalue weighted by atomic mass is 16.6. The summed E-state index contributed by atoms with van der Waals surface area (Å²) in [4.78, 5) is 33.0. The van der Waals surface area contributed by atoms with Crippen molar-refractivity contribution in [1.29, 1.82) is 0 Å². The van der Waals surface area contributed by atoms with Gasteiger partial charge in [-0.1, -0.05) is 6.07 Å². The van der Waals surface area contributed by atoms with Gasteiger partial charge in [-0.3, -0.25) is 9.59 Å². The molecule has 7 nitrogen and oxygen atoms in total.